The molecule has 2 amide bonds. The number of aryl methyl sites for hydroxylation is 3. The molecule has 0 radical (unpaired) electrons. The van der Waals surface area contributed by atoms with E-state index in [1.807, 2.05) is 26.2 Å². The predicted octanol–water partition coefficient (Wildman–Crippen LogP) is 3.05. The number of anilines is 1. The van der Waals surface area contributed by atoms with Gasteiger partial charge < -0.3 is 14.8 Å². The van der Waals surface area contributed by atoms with Crippen LogP contribution in [0.4, 0.5) is 5.82 Å². The van der Waals surface area contributed by atoms with Gasteiger partial charge in [0.1, 0.15) is 5.82 Å². The summed E-state index contributed by atoms with van der Waals surface area (Å²) in [6, 6.07) is 10.3. The molecule has 1 aromatic carbocycles. The van der Waals surface area contributed by atoms with E-state index in [2.05, 4.69) is 39.3 Å². The van der Waals surface area contributed by atoms with Crippen LogP contribution in [0.5, 0.6) is 0 Å². The Bertz CT molecular complexity index is 1050. The van der Waals surface area contributed by atoms with Gasteiger partial charge in [0.15, 0.2) is 0 Å². The summed E-state index contributed by atoms with van der Waals surface area (Å²) in [5, 5.41) is 3.97. The summed E-state index contributed by atoms with van der Waals surface area (Å²) < 4.78 is 2.10. The average molecular weight is 376 g/mol. The highest BCUT2D eigenvalue weighted by atomic mass is 16.2. The summed E-state index contributed by atoms with van der Waals surface area (Å²) in [6.45, 7) is 0.592. The average Bonchev–Trinajstić information content (AvgIpc) is 3.01. The molecule has 0 bridgehead atoms. The summed E-state index contributed by atoms with van der Waals surface area (Å²) in [7, 11) is 3.88. The van der Waals surface area contributed by atoms with Crippen molar-refractivity contribution in [1.82, 2.24) is 14.5 Å². The normalized spacial score (nSPS) is 13.3. The summed E-state index contributed by atoms with van der Waals surface area (Å²) in [6.07, 6.45) is 6.13. The number of hydrogen-bond acceptors (Lipinski definition) is 3. The first kappa shape index (κ1) is 18.2. The number of carbonyl (C=O) groups is 2. The molecule has 144 valence electrons. The monoisotopic (exact) mass is 376 g/mol. The van der Waals surface area contributed by atoms with Crippen molar-refractivity contribution in [2.75, 3.05) is 12.4 Å². The number of hydrogen-bond donors (Lipinski definition) is 1. The number of rotatable bonds is 5. The maximum atomic E-state index is 12.6. The van der Waals surface area contributed by atoms with Crippen molar-refractivity contribution in [3.8, 4) is 0 Å². The van der Waals surface area contributed by atoms with Gasteiger partial charge in [-0.2, -0.15) is 0 Å². The lowest BCUT2D eigenvalue weighted by atomic mass is 10.0. The van der Waals surface area contributed by atoms with Crippen LogP contribution in [0.3, 0.4) is 0 Å². The van der Waals surface area contributed by atoms with Crippen molar-refractivity contribution in [1.29, 1.82) is 0 Å². The molecule has 28 heavy (non-hydrogen) atoms. The van der Waals surface area contributed by atoms with Gasteiger partial charge >= 0.3 is 0 Å². The zero-order valence-corrected chi connectivity index (χ0v) is 16.2. The van der Waals surface area contributed by atoms with E-state index in [-0.39, 0.29) is 11.8 Å². The number of para-hydroxylation sites is 1. The number of pyridine rings is 1. The molecule has 0 saturated heterocycles. The van der Waals surface area contributed by atoms with Gasteiger partial charge in [-0.15, -0.1) is 0 Å². The number of carbonyl (C=O) groups excluding carboxylic acids is 2. The zero-order chi connectivity index (χ0) is 19.7. The smallest absolute Gasteiger partial charge is 0.225 e. The van der Waals surface area contributed by atoms with Crippen LogP contribution in [-0.2, 0) is 36.0 Å². The fourth-order valence-corrected chi connectivity index (χ4v) is 3.78. The highest BCUT2D eigenvalue weighted by molar-refractivity contribution is 5.92. The van der Waals surface area contributed by atoms with Crippen molar-refractivity contribution >= 4 is 28.5 Å². The molecule has 1 aliphatic rings. The van der Waals surface area contributed by atoms with Gasteiger partial charge in [-0.3, -0.25) is 9.59 Å². The molecule has 0 spiro atoms. The second kappa shape index (κ2) is 7.46. The van der Waals surface area contributed by atoms with Crippen LogP contribution >= 0.6 is 0 Å². The third-order valence-corrected chi connectivity index (χ3v) is 5.34. The zero-order valence-electron chi connectivity index (χ0n) is 16.2. The van der Waals surface area contributed by atoms with E-state index in [0.717, 1.165) is 16.7 Å². The third-order valence-electron chi connectivity index (χ3n) is 5.34. The van der Waals surface area contributed by atoms with Crippen molar-refractivity contribution in [3.63, 3.8) is 0 Å². The van der Waals surface area contributed by atoms with E-state index in [1.54, 1.807) is 11.1 Å². The van der Waals surface area contributed by atoms with Crippen LogP contribution in [-0.4, -0.2) is 33.3 Å². The SMILES string of the molecule is CN(Cc1cn(C)c2ccccc12)C(=O)CCc1cnc2c(c1)CCC(=O)N2. The number of nitrogens with zero attached hydrogens (tertiary/aromatic N) is 3. The first-order chi connectivity index (χ1) is 13.5. The van der Waals surface area contributed by atoms with Crippen molar-refractivity contribution in [3.05, 3.63) is 59.4 Å². The Morgan fingerprint density at radius 1 is 1.29 bits per heavy atom. The van der Waals surface area contributed by atoms with Gasteiger partial charge in [-0.05, 0) is 35.6 Å². The number of amides is 2. The molecule has 6 heteroatoms. The fraction of sp³-hybridized carbons (Fsp3) is 0.318. The lowest BCUT2D eigenvalue weighted by molar-refractivity contribution is -0.130. The standard InChI is InChI=1S/C22H24N4O2/c1-25-13-17(18-5-3-4-6-19(18)25)14-26(2)21(28)10-7-15-11-16-8-9-20(27)24-22(16)23-12-15/h3-6,11-13H,7-10,14H2,1-2H3,(H,23,24,27). The van der Waals surface area contributed by atoms with Crippen LogP contribution in [0, 0.1) is 0 Å². The van der Waals surface area contributed by atoms with Crippen molar-refractivity contribution < 1.29 is 9.59 Å². The largest absolute Gasteiger partial charge is 0.350 e. The number of benzene rings is 1. The molecule has 0 aliphatic carbocycles. The van der Waals surface area contributed by atoms with Crippen LogP contribution in [0.15, 0.2) is 42.7 Å². The van der Waals surface area contributed by atoms with Gasteiger partial charge in [-0.25, -0.2) is 4.98 Å². The van der Waals surface area contributed by atoms with Crippen LogP contribution in [0.2, 0.25) is 0 Å². The molecule has 3 heterocycles. The maximum Gasteiger partial charge on any atom is 0.225 e. The molecule has 3 aromatic rings. The first-order valence-electron chi connectivity index (χ1n) is 9.56. The predicted molar refractivity (Wildman–Crippen MR) is 109 cm³/mol. The maximum absolute atomic E-state index is 12.6. The molecule has 0 unspecified atom stereocenters. The third kappa shape index (κ3) is 3.63. The second-order valence-electron chi connectivity index (χ2n) is 7.43. The topological polar surface area (TPSA) is 67.2 Å². The number of fused-ring (bicyclic) bond motifs is 2. The van der Waals surface area contributed by atoms with Gasteiger partial charge in [0.05, 0.1) is 0 Å². The minimum absolute atomic E-state index is 0.0120. The highest BCUT2D eigenvalue weighted by Crippen LogP contribution is 2.23. The quantitative estimate of drug-likeness (QED) is 0.744. The molecule has 6 nitrogen and oxygen atoms in total. The van der Waals surface area contributed by atoms with Gasteiger partial charge in [0.2, 0.25) is 11.8 Å². The molecule has 4 rings (SSSR count). The molecule has 0 saturated carbocycles. The number of aromatic nitrogens is 2. The Morgan fingerprint density at radius 2 is 2.11 bits per heavy atom. The van der Waals surface area contributed by atoms with E-state index in [1.165, 1.54) is 10.9 Å². The summed E-state index contributed by atoms with van der Waals surface area (Å²) >= 11 is 0. The molecule has 2 aromatic heterocycles. The van der Waals surface area contributed by atoms with E-state index in [0.29, 0.717) is 38.0 Å². The highest BCUT2D eigenvalue weighted by Gasteiger charge is 2.17. The Morgan fingerprint density at radius 3 is 2.96 bits per heavy atom. The fourth-order valence-electron chi connectivity index (χ4n) is 3.78. The summed E-state index contributed by atoms with van der Waals surface area (Å²) in [5.74, 6) is 0.774. The van der Waals surface area contributed by atoms with Gasteiger partial charge in [0, 0.05) is 56.8 Å². The molecule has 0 fully saturated rings. The lowest BCUT2D eigenvalue weighted by Crippen LogP contribution is -2.26. The first-order valence-corrected chi connectivity index (χ1v) is 9.56. The molecular formula is C22H24N4O2. The molecule has 0 atom stereocenters. The Balaban J connectivity index is 1.39. The Hall–Kier alpha value is -3.15. The minimum atomic E-state index is 0.0120. The van der Waals surface area contributed by atoms with E-state index >= 15 is 0 Å². The molecular weight excluding hydrogens is 352 g/mol. The van der Waals surface area contributed by atoms with E-state index in [4.69, 9.17) is 0 Å². The Labute approximate surface area is 164 Å². The van der Waals surface area contributed by atoms with Crippen LogP contribution in [0.25, 0.3) is 10.9 Å². The van der Waals surface area contributed by atoms with Crippen LogP contribution in [0.1, 0.15) is 29.5 Å². The second-order valence-corrected chi connectivity index (χ2v) is 7.43. The summed E-state index contributed by atoms with van der Waals surface area (Å²) in [5.41, 5.74) is 4.40. The molecule has 1 aliphatic heterocycles. The van der Waals surface area contributed by atoms with Crippen LogP contribution < -0.4 is 5.32 Å². The van der Waals surface area contributed by atoms with Crippen molar-refractivity contribution in [2.24, 2.45) is 7.05 Å². The van der Waals surface area contributed by atoms with Crippen molar-refractivity contribution in [2.45, 2.75) is 32.2 Å². The lowest BCUT2D eigenvalue weighted by Gasteiger charge is -2.18. The summed E-state index contributed by atoms with van der Waals surface area (Å²) in [4.78, 5) is 30.2. The van der Waals surface area contributed by atoms with Gasteiger partial charge in [-0.1, -0.05) is 24.3 Å². The molecule has 1 N–H and O–H groups in total. The van der Waals surface area contributed by atoms with Gasteiger partial charge in [0.25, 0.3) is 0 Å². The Kier molecular flexibility index (Phi) is 4.86. The van der Waals surface area contributed by atoms with E-state index < -0.39 is 0 Å². The number of nitrogens with one attached hydrogen (secondary N) is 1. The minimum Gasteiger partial charge on any atom is -0.350 e. The van der Waals surface area contributed by atoms with E-state index in [9.17, 15) is 9.59 Å².